The summed E-state index contributed by atoms with van der Waals surface area (Å²) in [7, 11) is 0. The van der Waals surface area contributed by atoms with Gasteiger partial charge in [0.25, 0.3) is 5.19 Å². The van der Waals surface area contributed by atoms with Crippen molar-refractivity contribution in [1.82, 2.24) is 4.98 Å². The van der Waals surface area contributed by atoms with Crippen LogP contribution >= 0.6 is 34.5 Å². The van der Waals surface area contributed by atoms with Gasteiger partial charge in [-0.05, 0) is 42.5 Å². The van der Waals surface area contributed by atoms with E-state index in [9.17, 15) is 0 Å². The molecule has 0 N–H and O–H groups in total. The van der Waals surface area contributed by atoms with E-state index < -0.39 is 0 Å². The molecule has 5 heteroatoms. The third-order valence-corrected chi connectivity index (χ3v) is 4.81. The maximum Gasteiger partial charge on any atom is 0.280 e. The molecule has 1 heterocycles. The lowest BCUT2D eigenvalue weighted by Gasteiger charge is -2.04. The fourth-order valence-electron chi connectivity index (χ4n) is 2.15. The Balaban J connectivity index is 1.83. The van der Waals surface area contributed by atoms with Crippen LogP contribution in [0, 0.1) is 0 Å². The monoisotopic (exact) mass is 299 g/mol. The number of ether oxygens (including phenoxy) is 1. The van der Waals surface area contributed by atoms with Crippen LogP contribution in [0.2, 0.25) is 5.15 Å². The van der Waals surface area contributed by atoms with Crippen molar-refractivity contribution in [3.05, 3.63) is 39.4 Å². The Morgan fingerprint density at radius 1 is 1.28 bits per heavy atom. The van der Waals surface area contributed by atoms with Gasteiger partial charge in [0.15, 0.2) is 0 Å². The SMILES string of the molecule is ClCc1sc(Oc2ccc3c(c2)CCC3)nc1Cl. The lowest BCUT2D eigenvalue weighted by Crippen LogP contribution is -1.86. The summed E-state index contributed by atoms with van der Waals surface area (Å²) in [4.78, 5) is 4.99. The second-order valence-corrected chi connectivity index (χ2v) is 5.88. The Morgan fingerprint density at radius 2 is 2.11 bits per heavy atom. The number of halogens is 2. The Hall–Kier alpha value is -0.770. The zero-order chi connectivity index (χ0) is 12.5. The van der Waals surface area contributed by atoms with Crippen molar-refractivity contribution in [2.45, 2.75) is 25.1 Å². The maximum atomic E-state index is 5.94. The first-order valence-corrected chi connectivity index (χ1v) is 7.50. The van der Waals surface area contributed by atoms with Gasteiger partial charge in [0.05, 0.1) is 10.8 Å². The molecule has 1 aliphatic rings. The average Bonchev–Trinajstić information content (AvgIpc) is 2.95. The number of fused-ring (bicyclic) bond motifs is 1. The second-order valence-electron chi connectivity index (χ2n) is 4.21. The van der Waals surface area contributed by atoms with E-state index in [0.717, 1.165) is 17.0 Å². The van der Waals surface area contributed by atoms with Crippen molar-refractivity contribution in [3.8, 4) is 10.9 Å². The molecule has 0 unspecified atom stereocenters. The predicted molar refractivity (Wildman–Crippen MR) is 75.2 cm³/mol. The molecule has 3 rings (SSSR count). The van der Waals surface area contributed by atoms with Crippen LogP contribution < -0.4 is 4.74 Å². The lowest BCUT2D eigenvalue weighted by atomic mass is 10.1. The van der Waals surface area contributed by atoms with E-state index in [4.69, 9.17) is 27.9 Å². The van der Waals surface area contributed by atoms with Gasteiger partial charge in [-0.15, -0.1) is 11.6 Å². The van der Waals surface area contributed by atoms with Gasteiger partial charge in [0.2, 0.25) is 0 Å². The summed E-state index contributed by atoms with van der Waals surface area (Å²) in [5, 5.41) is 0.986. The van der Waals surface area contributed by atoms with E-state index in [0.29, 0.717) is 16.2 Å². The van der Waals surface area contributed by atoms with Crippen LogP contribution in [0.5, 0.6) is 10.9 Å². The summed E-state index contributed by atoms with van der Waals surface area (Å²) < 4.78 is 5.73. The van der Waals surface area contributed by atoms with Crippen LogP contribution in [0.25, 0.3) is 0 Å². The normalized spacial score (nSPS) is 13.7. The molecule has 1 aromatic carbocycles. The van der Waals surface area contributed by atoms with Gasteiger partial charge >= 0.3 is 0 Å². The lowest BCUT2D eigenvalue weighted by molar-refractivity contribution is 0.478. The van der Waals surface area contributed by atoms with Gasteiger partial charge in [-0.2, -0.15) is 4.98 Å². The number of nitrogens with zero attached hydrogens (tertiary/aromatic N) is 1. The summed E-state index contributed by atoms with van der Waals surface area (Å²) in [6, 6.07) is 6.22. The Kier molecular flexibility index (Phi) is 3.46. The summed E-state index contributed by atoms with van der Waals surface area (Å²) in [5.74, 6) is 1.19. The number of aromatic nitrogens is 1. The minimum Gasteiger partial charge on any atom is -0.431 e. The van der Waals surface area contributed by atoms with E-state index >= 15 is 0 Å². The van der Waals surface area contributed by atoms with E-state index in [2.05, 4.69) is 17.1 Å². The highest BCUT2D eigenvalue weighted by atomic mass is 35.5. The number of benzene rings is 1. The van der Waals surface area contributed by atoms with Gasteiger partial charge in [-0.25, -0.2) is 0 Å². The first kappa shape index (κ1) is 12.3. The number of rotatable bonds is 3. The number of hydrogen-bond acceptors (Lipinski definition) is 3. The standard InChI is InChI=1S/C13H11Cl2NOS/c14-7-11-12(15)16-13(18-11)17-10-5-4-8-2-1-3-9(8)6-10/h4-6H,1-3,7H2. The van der Waals surface area contributed by atoms with Crippen molar-refractivity contribution in [2.75, 3.05) is 0 Å². The molecular formula is C13H11Cl2NOS. The maximum absolute atomic E-state index is 5.94. The molecule has 0 fully saturated rings. The molecule has 0 aliphatic heterocycles. The molecule has 0 amide bonds. The first-order valence-electron chi connectivity index (χ1n) is 5.77. The first-order chi connectivity index (χ1) is 8.76. The quantitative estimate of drug-likeness (QED) is 0.758. The highest BCUT2D eigenvalue weighted by Crippen LogP contribution is 2.34. The van der Waals surface area contributed by atoms with Crippen molar-refractivity contribution < 1.29 is 4.74 Å². The molecule has 0 saturated heterocycles. The number of alkyl halides is 1. The summed E-state index contributed by atoms with van der Waals surface area (Å²) in [6.07, 6.45) is 3.55. The van der Waals surface area contributed by atoms with Crippen molar-refractivity contribution in [3.63, 3.8) is 0 Å². The van der Waals surface area contributed by atoms with Crippen LogP contribution in [-0.2, 0) is 18.7 Å². The van der Waals surface area contributed by atoms with Gasteiger partial charge in [0, 0.05) is 0 Å². The predicted octanol–water partition coefficient (Wildman–Crippen LogP) is 4.82. The Labute approximate surface area is 120 Å². The van der Waals surface area contributed by atoms with Gasteiger partial charge in [-0.1, -0.05) is 29.0 Å². The summed E-state index contributed by atoms with van der Waals surface area (Å²) in [5.41, 5.74) is 2.81. The fraction of sp³-hybridized carbons (Fsp3) is 0.308. The summed E-state index contributed by atoms with van der Waals surface area (Å²) in [6.45, 7) is 0. The third-order valence-electron chi connectivity index (χ3n) is 3.03. The van der Waals surface area contributed by atoms with Crippen LogP contribution in [0.1, 0.15) is 22.4 Å². The fourth-order valence-corrected chi connectivity index (χ4v) is 3.49. The molecule has 94 valence electrons. The third kappa shape index (κ3) is 2.35. The highest BCUT2D eigenvalue weighted by Gasteiger charge is 2.13. The minimum atomic E-state index is 0.365. The molecule has 1 aromatic heterocycles. The van der Waals surface area contributed by atoms with Crippen molar-refractivity contribution in [1.29, 1.82) is 0 Å². The van der Waals surface area contributed by atoms with Gasteiger partial charge in [0.1, 0.15) is 10.9 Å². The number of hydrogen-bond donors (Lipinski definition) is 0. The van der Waals surface area contributed by atoms with Crippen molar-refractivity contribution >= 4 is 34.5 Å². The Bertz CT molecular complexity index is 582. The van der Waals surface area contributed by atoms with Crippen LogP contribution in [0.15, 0.2) is 18.2 Å². The molecule has 1 aliphatic carbocycles. The topological polar surface area (TPSA) is 22.1 Å². The zero-order valence-corrected chi connectivity index (χ0v) is 11.9. The molecule has 0 radical (unpaired) electrons. The molecule has 0 saturated carbocycles. The molecule has 0 bridgehead atoms. The average molecular weight is 300 g/mol. The Morgan fingerprint density at radius 3 is 2.89 bits per heavy atom. The van der Waals surface area contributed by atoms with Gasteiger partial charge < -0.3 is 4.74 Å². The van der Waals surface area contributed by atoms with Crippen LogP contribution in [0.4, 0.5) is 0 Å². The smallest absolute Gasteiger partial charge is 0.280 e. The molecule has 0 atom stereocenters. The van der Waals surface area contributed by atoms with Crippen LogP contribution in [0.3, 0.4) is 0 Å². The summed E-state index contributed by atoms with van der Waals surface area (Å²) >= 11 is 13.1. The van der Waals surface area contributed by atoms with E-state index in [1.165, 1.54) is 35.3 Å². The van der Waals surface area contributed by atoms with E-state index in [-0.39, 0.29) is 0 Å². The zero-order valence-electron chi connectivity index (χ0n) is 9.58. The molecule has 2 nitrogen and oxygen atoms in total. The number of thiazole rings is 1. The molecular weight excluding hydrogens is 289 g/mol. The van der Waals surface area contributed by atoms with Gasteiger partial charge in [-0.3, -0.25) is 0 Å². The second kappa shape index (κ2) is 5.08. The van der Waals surface area contributed by atoms with E-state index in [1.54, 1.807) is 0 Å². The van der Waals surface area contributed by atoms with Crippen LogP contribution in [-0.4, -0.2) is 4.98 Å². The number of aryl methyl sites for hydroxylation is 2. The molecule has 0 spiro atoms. The largest absolute Gasteiger partial charge is 0.431 e. The highest BCUT2D eigenvalue weighted by molar-refractivity contribution is 7.14. The molecule has 2 aromatic rings. The van der Waals surface area contributed by atoms with E-state index in [1.807, 2.05) is 6.07 Å². The minimum absolute atomic E-state index is 0.365. The molecule has 18 heavy (non-hydrogen) atoms. The van der Waals surface area contributed by atoms with Crippen molar-refractivity contribution in [2.24, 2.45) is 0 Å².